The number of hydrazine groups is 1. The standard InChI is InChI=1S/C18H16ClFN2O6/c19-12-5-6-14(20)13(7-12)11-3-1-10(2-4-11)8-22(9-15(23)17(25)26)21-16(24)18(27)28/h1-7,15,23H,8-9H2,(H,21,24)(H,25,26)(H,27,28). The average molecular weight is 411 g/mol. The molecule has 10 heteroatoms. The summed E-state index contributed by atoms with van der Waals surface area (Å²) in [7, 11) is 0. The molecule has 28 heavy (non-hydrogen) atoms. The molecule has 4 N–H and O–H groups in total. The minimum atomic E-state index is -1.84. The van der Waals surface area contributed by atoms with E-state index in [9.17, 15) is 23.9 Å². The first-order valence-electron chi connectivity index (χ1n) is 7.91. The predicted octanol–water partition coefficient (Wildman–Crippen LogP) is 1.51. The van der Waals surface area contributed by atoms with Gasteiger partial charge < -0.3 is 15.3 Å². The van der Waals surface area contributed by atoms with Crippen molar-refractivity contribution in [3.05, 3.63) is 58.9 Å². The van der Waals surface area contributed by atoms with Crippen LogP contribution in [0.1, 0.15) is 5.56 Å². The Bertz CT molecular complexity index is 890. The number of carboxylic acid groups (broad SMARTS) is 2. The Morgan fingerprint density at radius 3 is 2.32 bits per heavy atom. The van der Waals surface area contributed by atoms with Crippen LogP contribution in [0.25, 0.3) is 11.1 Å². The summed E-state index contributed by atoms with van der Waals surface area (Å²) in [6.07, 6.45) is -1.84. The summed E-state index contributed by atoms with van der Waals surface area (Å²) in [6.45, 7) is -0.638. The number of hydrogen-bond donors (Lipinski definition) is 4. The number of benzene rings is 2. The number of carbonyl (C=O) groups excluding carboxylic acids is 1. The van der Waals surface area contributed by atoms with Gasteiger partial charge in [-0.2, -0.15) is 0 Å². The first-order valence-corrected chi connectivity index (χ1v) is 8.29. The molecule has 148 valence electrons. The molecule has 2 aromatic rings. The number of aliphatic hydroxyl groups is 1. The molecule has 0 radical (unpaired) electrons. The quantitative estimate of drug-likeness (QED) is 0.402. The van der Waals surface area contributed by atoms with Crippen molar-refractivity contribution in [2.24, 2.45) is 0 Å². The maximum atomic E-state index is 14.0. The maximum absolute atomic E-state index is 14.0. The van der Waals surface area contributed by atoms with Gasteiger partial charge in [-0.05, 0) is 29.3 Å². The summed E-state index contributed by atoms with van der Waals surface area (Å²) >= 11 is 5.88. The number of nitrogens with one attached hydrogen (secondary N) is 1. The first-order chi connectivity index (χ1) is 13.2. The zero-order chi connectivity index (χ0) is 20.8. The van der Waals surface area contributed by atoms with Crippen molar-refractivity contribution in [1.82, 2.24) is 10.4 Å². The van der Waals surface area contributed by atoms with E-state index < -0.39 is 36.3 Å². The Kier molecular flexibility index (Phi) is 7.05. The number of nitrogens with zero attached hydrogens (tertiary/aromatic N) is 1. The van der Waals surface area contributed by atoms with Gasteiger partial charge >= 0.3 is 17.8 Å². The van der Waals surface area contributed by atoms with Crippen molar-refractivity contribution >= 4 is 29.4 Å². The van der Waals surface area contributed by atoms with Gasteiger partial charge in [-0.3, -0.25) is 10.2 Å². The summed E-state index contributed by atoms with van der Waals surface area (Å²) in [6, 6.07) is 10.5. The van der Waals surface area contributed by atoms with Crippen LogP contribution < -0.4 is 5.43 Å². The third-order valence-electron chi connectivity index (χ3n) is 3.70. The number of carbonyl (C=O) groups is 3. The molecule has 0 heterocycles. The highest BCUT2D eigenvalue weighted by Gasteiger charge is 2.22. The van der Waals surface area contributed by atoms with Crippen LogP contribution in [0.5, 0.6) is 0 Å². The lowest BCUT2D eigenvalue weighted by atomic mass is 10.0. The van der Waals surface area contributed by atoms with Crippen LogP contribution in [0.3, 0.4) is 0 Å². The normalized spacial score (nSPS) is 11.9. The summed E-state index contributed by atoms with van der Waals surface area (Å²) in [4.78, 5) is 32.9. The van der Waals surface area contributed by atoms with E-state index in [1.807, 2.05) is 5.43 Å². The number of aliphatic carboxylic acids is 2. The Labute approximate surface area is 163 Å². The largest absolute Gasteiger partial charge is 0.479 e. The van der Waals surface area contributed by atoms with Gasteiger partial charge in [-0.1, -0.05) is 35.9 Å². The molecule has 0 saturated heterocycles. The van der Waals surface area contributed by atoms with Crippen molar-refractivity contribution in [3.8, 4) is 11.1 Å². The van der Waals surface area contributed by atoms with E-state index in [-0.39, 0.29) is 12.1 Å². The monoisotopic (exact) mass is 410 g/mol. The van der Waals surface area contributed by atoms with Crippen molar-refractivity contribution in [2.45, 2.75) is 12.6 Å². The van der Waals surface area contributed by atoms with Gasteiger partial charge in [0.25, 0.3) is 0 Å². The number of aliphatic hydroxyl groups excluding tert-OH is 1. The Balaban J connectivity index is 2.19. The summed E-state index contributed by atoms with van der Waals surface area (Å²) in [5.41, 5.74) is 3.38. The highest BCUT2D eigenvalue weighted by atomic mass is 35.5. The third kappa shape index (κ3) is 5.74. The molecule has 2 aromatic carbocycles. The van der Waals surface area contributed by atoms with E-state index in [4.69, 9.17) is 21.8 Å². The lowest BCUT2D eigenvalue weighted by Gasteiger charge is -2.23. The second-order valence-corrected chi connectivity index (χ2v) is 6.24. The van der Waals surface area contributed by atoms with Gasteiger partial charge in [0.1, 0.15) is 5.82 Å². The van der Waals surface area contributed by atoms with Gasteiger partial charge in [0.05, 0.1) is 6.54 Å². The Morgan fingerprint density at radius 1 is 1.11 bits per heavy atom. The van der Waals surface area contributed by atoms with Crippen LogP contribution in [-0.2, 0) is 20.9 Å². The molecule has 2 rings (SSSR count). The molecule has 0 aromatic heterocycles. The zero-order valence-electron chi connectivity index (χ0n) is 14.3. The molecule has 0 spiro atoms. The molecule has 1 amide bonds. The zero-order valence-corrected chi connectivity index (χ0v) is 15.1. The highest BCUT2D eigenvalue weighted by molar-refractivity contribution is 6.31. The number of halogens is 2. The second-order valence-electron chi connectivity index (χ2n) is 5.80. The maximum Gasteiger partial charge on any atom is 0.395 e. The van der Waals surface area contributed by atoms with Crippen LogP contribution in [0.4, 0.5) is 4.39 Å². The van der Waals surface area contributed by atoms with E-state index in [1.54, 1.807) is 24.3 Å². The molecule has 8 nitrogen and oxygen atoms in total. The predicted molar refractivity (Wildman–Crippen MR) is 96.7 cm³/mol. The van der Waals surface area contributed by atoms with E-state index >= 15 is 0 Å². The Hall–Kier alpha value is -3.01. The molecule has 1 unspecified atom stereocenters. The molecule has 0 aliphatic rings. The summed E-state index contributed by atoms with van der Waals surface area (Å²) in [5, 5.41) is 28.3. The van der Waals surface area contributed by atoms with E-state index in [0.717, 1.165) is 5.01 Å². The molecule has 0 bridgehead atoms. The topological polar surface area (TPSA) is 127 Å². The lowest BCUT2D eigenvalue weighted by molar-refractivity contribution is -0.154. The van der Waals surface area contributed by atoms with E-state index in [2.05, 4.69) is 0 Å². The fourth-order valence-electron chi connectivity index (χ4n) is 2.36. The van der Waals surface area contributed by atoms with Crippen LogP contribution in [-0.4, -0.2) is 50.8 Å². The molecular formula is C18H16ClFN2O6. The van der Waals surface area contributed by atoms with Crippen LogP contribution in [0.2, 0.25) is 5.02 Å². The Morgan fingerprint density at radius 2 is 1.75 bits per heavy atom. The molecule has 1 atom stereocenters. The molecule has 0 fully saturated rings. The van der Waals surface area contributed by atoms with Gasteiger partial charge in [0, 0.05) is 17.1 Å². The molecular weight excluding hydrogens is 395 g/mol. The molecule has 0 saturated carbocycles. The van der Waals surface area contributed by atoms with E-state index in [0.29, 0.717) is 16.1 Å². The van der Waals surface area contributed by atoms with Crippen LogP contribution in [0.15, 0.2) is 42.5 Å². The number of carboxylic acids is 2. The van der Waals surface area contributed by atoms with Crippen molar-refractivity contribution in [1.29, 1.82) is 0 Å². The van der Waals surface area contributed by atoms with Gasteiger partial charge in [-0.15, -0.1) is 0 Å². The van der Waals surface area contributed by atoms with Crippen molar-refractivity contribution in [3.63, 3.8) is 0 Å². The minimum absolute atomic E-state index is 0.0956. The fourth-order valence-corrected chi connectivity index (χ4v) is 2.53. The number of hydrogen-bond acceptors (Lipinski definition) is 5. The third-order valence-corrected chi connectivity index (χ3v) is 3.93. The number of amides is 1. The van der Waals surface area contributed by atoms with E-state index in [1.165, 1.54) is 18.2 Å². The first kappa shape index (κ1) is 21.3. The fraction of sp³-hybridized carbons (Fsp3) is 0.167. The number of rotatable bonds is 7. The minimum Gasteiger partial charge on any atom is -0.479 e. The molecule has 0 aliphatic heterocycles. The van der Waals surface area contributed by atoms with Crippen LogP contribution >= 0.6 is 11.6 Å². The van der Waals surface area contributed by atoms with Gasteiger partial charge in [0.2, 0.25) is 0 Å². The summed E-state index contributed by atoms with van der Waals surface area (Å²) in [5.74, 6) is -5.13. The van der Waals surface area contributed by atoms with Crippen molar-refractivity contribution < 1.29 is 34.1 Å². The van der Waals surface area contributed by atoms with Crippen LogP contribution in [0, 0.1) is 5.82 Å². The smallest absolute Gasteiger partial charge is 0.395 e. The van der Waals surface area contributed by atoms with Gasteiger partial charge in [-0.25, -0.2) is 19.0 Å². The SMILES string of the molecule is O=C(O)C(=O)NN(Cc1ccc(-c2cc(Cl)ccc2F)cc1)CC(O)C(=O)O. The lowest BCUT2D eigenvalue weighted by Crippen LogP contribution is -2.49. The van der Waals surface area contributed by atoms with Gasteiger partial charge in [0.15, 0.2) is 6.10 Å². The second kappa shape index (κ2) is 9.27. The summed E-state index contributed by atoms with van der Waals surface area (Å²) < 4.78 is 14.0. The van der Waals surface area contributed by atoms with Crippen molar-refractivity contribution in [2.75, 3.05) is 6.54 Å². The average Bonchev–Trinajstić information content (AvgIpc) is 2.64. The molecule has 0 aliphatic carbocycles. The highest BCUT2D eigenvalue weighted by Crippen LogP contribution is 2.26.